The fourth-order valence-electron chi connectivity index (χ4n) is 2.61. The molecule has 118 valence electrons. The van der Waals surface area contributed by atoms with E-state index in [1.54, 1.807) is 0 Å². The van der Waals surface area contributed by atoms with Crippen LogP contribution in [0.25, 0.3) is 0 Å². The van der Waals surface area contributed by atoms with Crippen LogP contribution in [0.3, 0.4) is 0 Å². The quantitative estimate of drug-likeness (QED) is 0.680. The molecule has 0 aliphatic heterocycles. The first-order valence-corrected chi connectivity index (χ1v) is 7.74. The van der Waals surface area contributed by atoms with E-state index in [2.05, 4.69) is 83.4 Å². The highest BCUT2D eigenvalue weighted by Crippen LogP contribution is 2.09. The fourth-order valence-corrected chi connectivity index (χ4v) is 2.61. The average molecular weight is 298 g/mol. The number of guanidine groups is 1. The number of hydrogen-bond acceptors (Lipinski definition) is 1. The van der Waals surface area contributed by atoms with Gasteiger partial charge in [0.1, 0.15) is 0 Å². The highest BCUT2D eigenvalue weighted by molar-refractivity contribution is 5.79. The van der Waals surface area contributed by atoms with E-state index in [9.17, 15) is 0 Å². The van der Waals surface area contributed by atoms with Gasteiger partial charge < -0.3 is 14.8 Å². The third kappa shape index (κ3) is 3.91. The molecule has 0 aliphatic rings. The fraction of sp³-hybridized carbons (Fsp3) is 0.389. The van der Waals surface area contributed by atoms with Crippen LogP contribution in [0.5, 0.6) is 0 Å². The summed E-state index contributed by atoms with van der Waals surface area (Å²) in [6, 6.07) is 12.8. The Bertz CT molecular complexity index is 628. The molecule has 0 bridgehead atoms. The van der Waals surface area contributed by atoms with Crippen molar-refractivity contribution in [2.45, 2.75) is 26.4 Å². The summed E-state index contributed by atoms with van der Waals surface area (Å²) >= 11 is 0. The van der Waals surface area contributed by atoms with E-state index in [4.69, 9.17) is 0 Å². The summed E-state index contributed by atoms with van der Waals surface area (Å²) in [7, 11) is 5.96. The minimum atomic E-state index is 0.800. The summed E-state index contributed by atoms with van der Waals surface area (Å²) in [5, 5.41) is 3.46. The van der Waals surface area contributed by atoms with Gasteiger partial charge in [-0.15, -0.1) is 0 Å². The lowest BCUT2D eigenvalue weighted by Crippen LogP contribution is -2.38. The van der Waals surface area contributed by atoms with Gasteiger partial charge in [-0.25, -0.2) is 0 Å². The molecule has 0 amide bonds. The molecular formula is C18H26N4. The molecule has 1 N–H and O–H groups in total. The van der Waals surface area contributed by atoms with E-state index in [-0.39, 0.29) is 0 Å². The monoisotopic (exact) mass is 298 g/mol. The highest BCUT2D eigenvalue weighted by Gasteiger charge is 2.09. The summed E-state index contributed by atoms with van der Waals surface area (Å²) in [5.41, 5.74) is 3.98. The van der Waals surface area contributed by atoms with Gasteiger partial charge in [0.15, 0.2) is 5.96 Å². The highest BCUT2D eigenvalue weighted by atomic mass is 15.3. The molecule has 0 atom stereocenters. The Kier molecular flexibility index (Phi) is 5.64. The normalized spacial score (nSPS) is 11.5. The molecule has 4 heteroatoms. The van der Waals surface area contributed by atoms with Crippen molar-refractivity contribution in [2.24, 2.45) is 12.0 Å². The van der Waals surface area contributed by atoms with Gasteiger partial charge in [0.25, 0.3) is 0 Å². The maximum Gasteiger partial charge on any atom is 0.194 e. The minimum absolute atomic E-state index is 0.800. The number of benzene rings is 1. The maximum absolute atomic E-state index is 4.39. The van der Waals surface area contributed by atoms with Gasteiger partial charge in [0.2, 0.25) is 0 Å². The lowest BCUT2D eigenvalue weighted by atomic mass is 10.1. The largest absolute Gasteiger partial charge is 0.353 e. The van der Waals surface area contributed by atoms with Crippen molar-refractivity contribution in [1.82, 2.24) is 14.8 Å². The first kappa shape index (κ1) is 16.1. The van der Waals surface area contributed by atoms with Gasteiger partial charge in [0, 0.05) is 39.6 Å². The molecule has 1 heterocycles. The molecule has 4 nitrogen and oxygen atoms in total. The van der Waals surface area contributed by atoms with Gasteiger partial charge in [0.05, 0.1) is 6.54 Å². The van der Waals surface area contributed by atoms with E-state index in [0.29, 0.717) is 0 Å². The van der Waals surface area contributed by atoms with Crippen LogP contribution in [0.4, 0.5) is 0 Å². The Labute approximate surface area is 133 Å². The van der Waals surface area contributed by atoms with Crippen molar-refractivity contribution < 1.29 is 0 Å². The van der Waals surface area contributed by atoms with Crippen LogP contribution < -0.4 is 5.32 Å². The number of rotatable bonds is 5. The molecule has 0 spiro atoms. The van der Waals surface area contributed by atoms with Crippen molar-refractivity contribution in [1.29, 1.82) is 0 Å². The summed E-state index contributed by atoms with van der Waals surface area (Å²) in [6.45, 7) is 3.82. The predicted molar refractivity (Wildman–Crippen MR) is 92.9 cm³/mol. The number of aromatic nitrogens is 1. The van der Waals surface area contributed by atoms with Crippen molar-refractivity contribution in [2.75, 3.05) is 14.1 Å². The zero-order valence-corrected chi connectivity index (χ0v) is 14.0. The molecule has 0 radical (unpaired) electrons. The Morgan fingerprint density at radius 2 is 1.91 bits per heavy atom. The first-order valence-electron chi connectivity index (χ1n) is 7.74. The molecule has 1 aromatic carbocycles. The third-order valence-corrected chi connectivity index (χ3v) is 3.96. The average Bonchev–Trinajstić information content (AvgIpc) is 2.93. The molecule has 0 aliphatic carbocycles. The lowest BCUT2D eigenvalue weighted by Gasteiger charge is -2.23. The van der Waals surface area contributed by atoms with Gasteiger partial charge in [-0.1, -0.05) is 31.2 Å². The van der Waals surface area contributed by atoms with Crippen LogP contribution in [0, 0.1) is 0 Å². The van der Waals surface area contributed by atoms with E-state index in [0.717, 1.165) is 25.5 Å². The Balaban J connectivity index is 1.99. The smallest absolute Gasteiger partial charge is 0.194 e. The number of aryl methyl sites for hydroxylation is 2. The molecule has 22 heavy (non-hydrogen) atoms. The predicted octanol–water partition coefficient (Wildman–Crippen LogP) is 2.79. The van der Waals surface area contributed by atoms with Crippen LogP contribution in [0.15, 0.2) is 47.6 Å². The van der Waals surface area contributed by atoms with E-state index < -0.39 is 0 Å². The second kappa shape index (κ2) is 7.69. The Morgan fingerprint density at radius 1 is 1.18 bits per heavy atom. The second-order valence-electron chi connectivity index (χ2n) is 5.49. The van der Waals surface area contributed by atoms with E-state index in [1.807, 2.05) is 7.05 Å². The molecule has 1 aromatic heterocycles. The van der Waals surface area contributed by atoms with Crippen molar-refractivity contribution in [3.05, 3.63) is 59.4 Å². The van der Waals surface area contributed by atoms with Crippen LogP contribution in [0.1, 0.15) is 23.7 Å². The Hall–Kier alpha value is -2.23. The molecule has 0 saturated carbocycles. The summed E-state index contributed by atoms with van der Waals surface area (Å²) < 4.78 is 2.14. The van der Waals surface area contributed by atoms with E-state index in [1.165, 1.54) is 16.8 Å². The summed E-state index contributed by atoms with van der Waals surface area (Å²) in [6.07, 6.45) is 3.12. The molecule has 2 aromatic rings. The zero-order chi connectivity index (χ0) is 15.9. The second-order valence-corrected chi connectivity index (χ2v) is 5.49. The van der Waals surface area contributed by atoms with Gasteiger partial charge in [-0.05, 0) is 29.7 Å². The van der Waals surface area contributed by atoms with Crippen LogP contribution in [0.2, 0.25) is 0 Å². The third-order valence-electron chi connectivity index (χ3n) is 3.96. The van der Waals surface area contributed by atoms with E-state index >= 15 is 0 Å². The standard InChI is InChI=1S/C18H26N4/c1-5-15-9-6-7-10-16(15)13-20-18(19-2)22(4)14-17-11-8-12-21(17)3/h6-12H,5,13-14H2,1-4H3,(H,19,20). The molecular weight excluding hydrogens is 272 g/mol. The summed E-state index contributed by atoms with van der Waals surface area (Å²) in [5.74, 6) is 0.909. The number of aliphatic imine (C=N–C) groups is 1. The first-order chi connectivity index (χ1) is 10.7. The SMILES string of the molecule is CCc1ccccc1CNC(=NC)N(C)Cc1cccn1C. The van der Waals surface area contributed by atoms with Gasteiger partial charge in [-0.2, -0.15) is 0 Å². The topological polar surface area (TPSA) is 32.6 Å². The van der Waals surface area contributed by atoms with Crippen LogP contribution >= 0.6 is 0 Å². The molecule has 0 unspecified atom stereocenters. The van der Waals surface area contributed by atoms with Gasteiger partial charge >= 0.3 is 0 Å². The van der Waals surface area contributed by atoms with Crippen LogP contribution in [-0.4, -0.2) is 29.5 Å². The molecule has 2 rings (SSSR count). The maximum atomic E-state index is 4.39. The van der Waals surface area contributed by atoms with Gasteiger partial charge in [-0.3, -0.25) is 4.99 Å². The number of hydrogen-bond donors (Lipinski definition) is 1. The Morgan fingerprint density at radius 3 is 2.50 bits per heavy atom. The summed E-state index contributed by atoms with van der Waals surface area (Å²) in [4.78, 5) is 6.53. The number of nitrogens with zero attached hydrogens (tertiary/aromatic N) is 3. The lowest BCUT2D eigenvalue weighted by molar-refractivity contribution is 0.461. The zero-order valence-electron chi connectivity index (χ0n) is 14.0. The van der Waals surface area contributed by atoms with Crippen molar-refractivity contribution in [3.8, 4) is 0 Å². The molecule has 0 fully saturated rings. The molecule has 0 saturated heterocycles. The van der Waals surface area contributed by atoms with Crippen molar-refractivity contribution in [3.63, 3.8) is 0 Å². The van der Waals surface area contributed by atoms with Crippen molar-refractivity contribution >= 4 is 5.96 Å². The number of nitrogens with one attached hydrogen (secondary N) is 1. The van der Waals surface area contributed by atoms with Crippen LogP contribution in [-0.2, 0) is 26.6 Å². The minimum Gasteiger partial charge on any atom is -0.353 e.